The molecule has 12 heavy (non-hydrogen) atoms. The van der Waals surface area contributed by atoms with E-state index in [1.54, 1.807) is 6.33 Å². The van der Waals surface area contributed by atoms with Crippen LogP contribution in [-0.4, -0.2) is 21.2 Å². The van der Waals surface area contributed by atoms with Gasteiger partial charge in [-0.05, 0) is 26.7 Å². The Bertz CT molecular complexity index is 248. The van der Waals surface area contributed by atoms with E-state index in [1.807, 2.05) is 0 Å². The molecule has 0 spiro atoms. The monoisotopic (exact) mass is 166 g/mol. The number of nitrogens with zero attached hydrogens (tertiary/aromatic N) is 2. The summed E-state index contributed by atoms with van der Waals surface area (Å²) in [6.07, 6.45) is 3.90. The van der Waals surface area contributed by atoms with Gasteiger partial charge < -0.3 is 5.32 Å². The number of hydrogen-bond acceptors (Lipinski definition) is 3. The van der Waals surface area contributed by atoms with E-state index >= 15 is 0 Å². The maximum Gasteiger partial charge on any atom is 0.144 e. The molecule has 2 N–H and O–H groups in total. The smallest absolute Gasteiger partial charge is 0.144 e. The fraction of sp³-hybridized carbons (Fsp3) is 0.750. The lowest BCUT2D eigenvalue weighted by Gasteiger charge is -2.17. The fourth-order valence-electron chi connectivity index (χ4n) is 1.56. The highest BCUT2D eigenvalue weighted by molar-refractivity contribution is 5.14. The third-order valence-electron chi connectivity index (χ3n) is 2.18. The van der Waals surface area contributed by atoms with Crippen LogP contribution in [0.5, 0.6) is 0 Å². The van der Waals surface area contributed by atoms with Crippen LogP contribution in [0.15, 0.2) is 6.33 Å². The van der Waals surface area contributed by atoms with Crippen molar-refractivity contribution in [3.05, 3.63) is 12.2 Å². The number of H-pyrrole nitrogens is 1. The van der Waals surface area contributed by atoms with E-state index in [-0.39, 0.29) is 5.54 Å². The van der Waals surface area contributed by atoms with Crippen LogP contribution >= 0.6 is 0 Å². The van der Waals surface area contributed by atoms with Gasteiger partial charge in [-0.25, -0.2) is 4.98 Å². The van der Waals surface area contributed by atoms with Crippen molar-refractivity contribution < 1.29 is 0 Å². The summed E-state index contributed by atoms with van der Waals surface area (Å²) in [5, 5.41) is 10.3. The largest absolute Gasteiger partial charge is 0.303 e. The molecule has 1 aliphatic carbocycles. The first-order chi connectivity index (χ1) is 5.73. The van der Waals surface area contributed by atoms with Gasteiger partial charge in [0.2, 0.25) is 0 Å². The van der Waals surface area contributed by atoms with Gasteiger partial charge in [0.1, 0.15) is 12.2 Å². The normalized spacial score (nSPS) is 19.9. The Balaban J connectivity index is 2.12. The molecule has 0 aromatic carbocycles. The summed E-state index contributed by atoms with van der Waals surface area (Å²) in [4.78, 5) is 4.17. The standard InChI is InChI=1S/C8H14N4/c1-6(2)11-8(3-4-8)7-9-5-10-12-7/h5-6,11H,3-4H2,1-2H3,(H,9,10,12). The Morgan fingerprint density at radius 3 is 2.75 bits per heavy atom. The molecule has 1 aliphatic rings. The van der Waals surface area contributed by atoms with E-state index < -0.39 is 0 Å². The molecule has 1 saturated carbocycles. The number of aromatic amines is 1. The molecule has 0 bridgehead atoms. The van der Waals surface area contributed by atoms with Crippen LogP contribution in [0.1, 0.15) is 32.5 Å². The fourth-order valence-corrected chi connectivity index (χ4v) is 1.56. The Kier molecular flexibility index (Phi) is 1.65. The number of hydrogen-bond donors (Lipinski definition) is 2. The van der Waals surface area contributed by atoms with Crippen LogP contribution in [0, 0.1) is 0 Å². The summed E-state index contributed by atoms with van der Waals surface area (Å²) in [5.74, 6) is 0.983. The van der Waals surface area contributed by atoms with Gasteiger partial charge in [-0.15, -0.1) is 0 Å². The first-order valence-corrected chi connectivity index (χ1v) is 4.36. The molecule has 0 saturated heterocycles. The summed E-state index contributed by atoms with van der Waals surface area (Å²) >= 11 is 0. The number of aromatic nitrogens is 3. The molecule has 0 unspecified atom stereocenters. The number of rotatable bonds is 3. The molecule has 1 aromatic heterocycles. The molecule has 66 valence electrons. The van der Waals surface area contributed by atoms with Crippen molar-refractivity contribution in [2.75, 3.05) is 0 Å². The highest BCUT2D eigenvalue weighted by atomic mass is 15.2. The van der Waals surface area contributed by atoms with E-state index in [9.17, 15) is 0 Å². The summed E-state index contributed by atoms with van der Waals surface area (Å²) < 4.78 is 0. The lowest BCUT2D eigenvalue weighted by Crippen LogP contribution is -2.35. The van der Waals surface area contributed by atoms with Gasteiger partial charge in [0.15, 0.2) is 0 Å². The van der Waals surface area contributed by atoms with E-state index in [4.69, 9.17) is 0 Å². The van der Waals surface area contributed by atoms with E-state index in [1.165, 1.54) is 12.8 Å². The number of nitrogens with one attached hydrogen (secondary N) is 2. The lowest BCUT2D eigenvalue weighted by molar-refractivity contribution is 0.442. The van der Waals surface area contributed by atoms with Gasteiger partial charge in [0, 0.05) is 6.04 Å². The highest BCUT2D eigenvalue weighted by Crippen LogP contribution is 2.43. The molecule has 1 fully saturated rings. The molecule has 0 atom stereocenters. The van der Waals surface area contributed by atoms with Gasteiger partial charge in [0.25, 0.3) is 0 Å². The minimum Gasteiger partial charge on any atom is -0.303 e. The average molecular weight is 166 g/mol. The molecule has 4 heteroatoms. The molecule has 0 amide bonds. The molecule has 4 nitrogen and oxygen atoms in total. The maximum atomic E-state index is 4.17. The Labute approximate surface area is 71.8 Å². The molecule has 1 heterocycles. The SMILES string of the molecule is CC(C)NC1(c2ncn[nH]2)CC1. The zero-order valence-corrected chi connectivity index (χ0v) is 7.46. The third-order valence-corrected chi connectivity index (χ3v) is 2.18. The van der Waals surface area contributed by atoms with Crippen molar-refractivity contribution in [3.8, 4) is 0 Å². The van der Waals surface area contributed by atoms with Crippen molar-refractivity contribution in [1.29, 1.82) is 0 Å². The van der Waals surface area contributed by atoms with E-state index in [2.05, 4.69) is 34.3 Å². The quantitative estimate of drug-likeness (QED) is 0.698. The van der Waals surface area contributed by atoms with Crippen LogP contribution in [0.2, 0.25) is 0 Å². The van der Waals surface area contributed by atoms with Gasteiger partial charge in [-0.1, -0.05) is 0 Å². The Morgan fingerprint density at radius 2 is 2.33 bits per heavy atom. The predicted molar refractivity (Wildman–Crippen MR) is 45.6 cm³/mol. The van der Waals surface area contributed by atoms with Gasteiger partial charge in [-0.3, -0.25) is 5.10 Å². The van der Waals surface area contributed by atoms with Crippen molar-refractivity contribution in [3.63, 3.8) is 0 Å². The predicted octanol–water partition coefficient (Wildman–Crippen LogP) is 0.792. The van der Waals surface area contributed by atoms with E-state index in [0.717, 1.165) is 5.82 Å². The summed E-state index contributed by atoms with van der Waals surface area (Å²) in [7, 11) is 0. The second-order valence-electron chi connectivity index (χ2n) is 3.72. The molecule has 1 aromatic rings. The van der Waals surface area contributed by atoms with Crippen LogP contribution in [0.4, 0.5) is 0 Å². The summed E-state index contributed by atoms with van der Waals surface area (Å²) in [6, 6.07) is 0.498. The summed E-state index contributed by atoms with van der Waals surface area (Å²) in [6.45, 7) is 4.30. The van der Waals surface area contributed by atoms with Crippen LogP contribution < -0.4 is 5.32 Å². The molecule has 2 rings (SSSR count). The molecule has 0 radical (unpaired) electrons. The highest BCUT2D eigenvalue weighted by Gasteiger charge is 2.47. The van der Waals surface area contributed by atoms with E-state index in [0.29, 0.717) is 6.04 Å². The average Bonchev–Trinajstić information content (AvgIpc) is 2.61. The van der Waals surface area contributed by atoms with Crippen molar-refractivity contribution >= 4 is 0 Å². The second kappa shape index (κ2) is 2.55. The Hall–Kier alpha value is -0.900. The first-order valence-electron chi connectivity index (χ1n) is 4.36. The van der Waals surface area contributed by atoms with Crippen molar-refractivity contribution in [2.24, 2.45) is 0 Å². The van der Waals surface area contributed by atoms with Crippen LogP contribution in [-0.2, 0) is 5.54 Å². The zero-order chi connectivity index (χ0) is 8.60. The van der Waals surface area contributed by atoms with Crippen molar-refractivity contribution in [1.82, 2.24) is 20.5 Å². The first kappa shape index (κ1) is 7.73. The van der Waals surface area contributed by atoms with Crippen LogP contribution in [0.25, 0.3) is 0 Å². The minimum atomic E-state index is 0.116. The summed E-state index contributed by atoms with van der Waals surface area (Å²) in [5.41, 5.74) is 0.116. The van der Waals surface area contributed by atoms with Crippen LogP contribution in [0.3, 0.4) is 0 Å². The third kappa shape index (κ3) is 1.22. The van der Waals surface area contributed by atoms with Gasteiger partial charge >= 0.3 is 0 Å². The Morgan fingerprint density at radius 1 is 1.58 bits per heavy atom. The maximum absolute atomic E-state index is 4.17. The molecule has 0 aliphatic heterocycles. The topological polar surface area (TPSA) is 53.6 Å². The zero-order valence-electron chi connectivity index (χ0n) is 7.46. The minimum absolute atomic E-state index is 0.116. The van der Waals surface area contributed by atoms with Gasteiger partial charge in [-0.2, -0.15) is 5.10 Å². The lowest BCUT2D eigenvalue weighted by atomic mass is 10.2. The molecular weight excluding hydrogens is 152 g/mol. The molecular formula is C8H14N4. The van der Waals surface area contributed by atoms with Gasteiger partial charge in [0.05, 0.1) is 5.54 Å². The second-order valence-corrected chi connectivity index (χ2v) is 3.72. The van der Waals surface area contributed by atoms with Crippen molar-refractivity contribution in [2.45, 2.75) is 38.3 Å².